The van der Waals surface area contributed by atoms with E-state index in [1.54, 1.807) is 29.1 Å². The number of benzene rings is 1. The lowest BCUT2D eigenvalue weighted by Gasteiger charge is -2.18. The number of rotatable bonds is 8. The monoisotopic (exact) mass is 487 g/mol. The van der Waals surface area contributed by atoms with Gasteiger partial charge in [-0.15, -0.1) is 0 Å². The third kappa shape index (κ3) is 6.03. The number of hydrogen-bond acceptors (Lipinski definition) is 5. The van der Waals surface area contributed by atoms with Crippen LogP contribution in [-0.4, -0.2) is 38.3 Å². The maximum absolute atomic E-state index is 12.8. The summed E-state index contributed by atoms with van der Waals surface area (Å²) in [5.74, 6) is -0.538. The molecule has 3 aromatic rings. The summed E-state index contributed by atoms with van der Waals surface area (Å²) in [5, 5.41) is 20.3. The van der Waals surface area contributed by atoms with Crippen LogP contribution in [-0.2, 0) is 24.2 Å². The van der Waals surface area contributed by atoms with Gasteiger partial charge in [0.25, 0.3) is 5.91 Å². The topological polar surface area (TPSA) is 109 Å². The molecule has 0 bridgehead atoms. The molecule has 10 heteroatoms. The number of anilines is 1. The van der Waals surface area contributed by atoms with E-state index in [4.69, 9.17) is 23.2 Å². The first-order chi connectivity index (χ1) is 15.9. The van der Waals surface area contributed by atoms with Gasteiger partial charge in [0.15, 0.2) is 0 Å². The fraction of sp³-hybridized carbons (Fsp3) is 0.304. The number of hydrogen-bond donors (Lipinski definition) is 3. The molecule has 1 aliphatic heterocycles. The van der Waals surface area contributed by atoms with Crippen molar-refractivity contribution in [3.05, 3.63) is 75.2 Å². The summed E-state index contributed by atoms with van der Waals surface area (Å²) < 4.78 is 1.67. The molecule has 0 saturated carbocycles. The van der Waals surface area contributed by atoms with E-state index < -0.39 is 17.9 Å². The average Bonchev–Trinajstić information content (AvgIpc) is 3.25. The maximum atomic E-state index is 12.8. The summed E-state index contributed by atoms with van der Waals surface area (Å²) in [5.41, 5.74) is 3.03. The van der Waals surface area contributed by atoms with Crippen molar-refractivity contribution in [2.45, 2.75) is 38.3 Å². The number of halogens is 2. The van der Waals surface area contributed by atoms with Gasteiger partial charge in [-0.2, -0.15) is 5.10 Å². The van der Waals surface area contributed by atoms with Gasteiger partial charge in [0, 0.05) is 41.4 Å². The van der Waals surface area contributed by atoms with Crippen LogP contribution in [0.2, 0.25) is 10.0 Å². The van der Waals surface area contributed by atoms with Crippen molar-refractivity contribution in [3.8, 4) is 0 Å². The predicted octanol–water partition coefficient (Wildman–Crippen LogP) is 4.13. The van der Waals surface area contributed by atoms with E-state index in [0.29, 0.717) is 34.1 Å². The Morgan fingerprint density at radius 2 is 2.00 bits per heavy atom. The Morgan fingerprint density at radius 1 is 1.21 bits per heavy atom. The van der Waals surface area contributed by atoms with E-state index in [1.807, 2.05) is 6.07 Å². The lowest BCUT2D eigenvalue weighted by Crippen LogP contribution is -2.30. The van der Waals surface area contributed by atoms with Gasteiger partial charge in [-0.1, -0.05) is 29.3 Å². The van der Waals surface area contributed by atoms with E-state index in [0.717, 1.165) is 30.9 Å². The molecule has 2 aromatic heterocycles. The number of amides is 1. The Hall–Kier alpha value is -3.10. The molecule has 1 unspecified atom stereocenters. The van der Waals surface area contributed by atoms with Crippen molar-refractivity contribution in [2.24, 2.45) is 0 Å². The van der Waals surface area contributed by atoms with Crippen LogP contribution in [0.1, 0.15) is 46.1 Å². The van der Waals surface area contributed by atoms with Crippen molar-refractivity contribution < 1.29 is 14.7 Å². The van der Waals surface area contributed by atoms with Gasteiger partial charge in [0.05, 0.1) is 24.2 Å². The molecule has 1 atom stereocenters. The van der Waals surface area contributed by atoms with Crippen LogP contribution in [0.15, 0.2) is 42.7 Å². The predicted molar refractivity (Wildman–Crippen MR) is 126 cm³/mol. The first-order valence-corrected chi connectivity index (χ1v) is 11.4. The molecule has 0 aliphatic carbocycles. The molecule has 8 nitrogen and oxygen atoms in total. The zero-order chi connectivity index (χ0) is 23.4. The fourth-order valence-corrected chi connectivity index (χ4v) is 4.33. The van der Waals surface area contributed by atoms with Crippen LogP contribution in [0.25, 0.3) is 0 Å². The Balaban J connectivity index is 1.41. The van der Waals surface area contributed by atoms with E-state index in [1.165, 1.54) is 11.8 Å². The summed E-state index contributed by atoms with van der Waals surface area (Å²) in [6, 6.07) is 8.06. The lowest BCUT2D eigenvalue weighted by atomic mass is 10.0. The summed E-state index contributed by atoms with van der Waals surface area (Å²) >= 11 is 12.1. The second-order valence-electron chi connectivity index (χ2n) is 7.91. The van der Waals surface area contributed by atoms with Gasteiger partial charge in [-0.25, -0.2) is 4.98 Å². The number of nitrogens with one attached hydrogen (secondary N) is 2. The van der Waals surface area contributed by atoms with Crippen molar-refractivity contribution in [1.29, 1.82) is 0 Å². The highest BCUT2D eigenvalue weighted by Gasteiger charge is 2.21. The zero-order valence-corrected chi connectivity index (χ0v) is 19.2. The van der Waals surface area contributed by atoms with Crippen LogP contribution in [0.3, 0.4) is 0 Å². The van der Waals surface area contributed by atoms with Gasteiger partial charge >= 0.3 is 5.97 Å². The first kappa shape index (κ1) is 23.1. The highest BCUT2D eigenvalue weighted by atomic mass is 35.5. The Morgan fingerprint density at radius 3 is 2.76 bits per heavy atom. The highest BCUT2D eigenvalue weighted by Crippen LogP contribution is 2.26. The largest absolute Gasteiger partial charge is 0.481 e. The van der Waals surface area contributed by atoms with Crippen LogP contribution in [0, 0.1) is 0 Å². The number of carbonyl (C=O) groups excluding carboxylic acids is 1. The van der Waals surface area contributed by atoms with E-state index in [-0.39, 0.29) is 6.42 Å². The molecule has 0 radical (unpaired) electrons. The molecule has 3 heterocycles. The molecular weight excluding hydrogens is 465 g/mol. The zero-order valence-electron chi connectivity index (χ0n) is 17.7. The summed E-state index contributed by atoms with van der Waals surface area (Å²) in [6.45, 7) is 1.49. The summed E-state index contributed by atoms with van der Waals surface area (Å²) in [7, 11) is 0. The SMILES string of the molecule is O=C(O)CC(NC(=O)c1cnn(CCc2ccc3c(n2)NCCC3)c1)c1cc(Cl)cc(Cl)c1. The van der Waals surface area contributed by atoms with Gasteiger partial charge in [-0.05, 0) is 48.2 Å². The number of carbonyl (C=O) groups is 2. The molecule has 1 aromatic carbocycles. The molecule has 1 aliphatic rings. The second-order valence-corrected chi connectivity index (χ2v) is 8.78. The minimum absolute atomic E-state index is 0.311. The molecule has 3 N–H and O–H groups in total. The van der Waals surface area contributed by atoms with Crippen molar-refractivity contribution in [3.63, 3.8) is 0 Å². The van der Waals surface area contributed by atoms with Gasteiger partial charge in [0.1, 0.15) is 5.82 Å². The van der Waals surface area contributed by atoms with Gasteiger partial charge in [-0.3, -0.25) is 14.3 Å². The van der Waals surface area contributed by atoms with Crippen molar-refractivity contribution in [2.75, 3.05) is 11.9 Å². The molecule has 0 saturated heterocycles. The Labute approximate surface area is 200 Å². The van der Waals surface area contributed by atoms with Crippen LogP contribution in [0.4, 0.5) is 5.82 Å². The lowest BCUT2D eigenvalue weighted by molar-refractivity contribution is -0.137. The molecule has 33 heavy (non-hydrogen) atoms. The fourth-order valence-electron chi connectivity index (χ4n) is 3.79. The van der Waals surface area contributed by atoms with Crippen molar-refractivity contribution in [1.82, 2.24) is 20.1 Å². The van der Waals surface area contributed by atoms with Gasteiger partial charge < -0.3 is 15.7 Å². The summed E-state index contributed by atoms with van der Waals surface area (Å²) in [4.78, 5) is 28.8. The minimum atomic E-state index is -1.06. The molecule has 4 rings (SSSR count). The van der Waals surface area contributed by atoms with Crippen LogP contribution in [0.5, 0.6) is 0 Å². The summed E-state index contributed by atoms with van der Waals surface area (Å²) in [6.07, 6.45) is 5.60. The number of nitrogens with zero attached hydrogens (tertiary/aromatic N) is 3. The average molecular weight is 488 g/mol. The highest BCUT2D eigenvalue weighted by molar-refractivity contribution is 6.34. The van der Waals surface area contributed by atoms with E-state index in [9.17, 15) is 14.7 Å². The molecule has 172 valence electrons. The quantitative estimate of drug-likeness (QED) is 0.440. The van der Waals surface area contributed by atoms with Crippen LogP contribution >= 0.6 is 23.2 Å². The third-order valence-electron chi connectivity index (χ3n) is 5.42. The molecule has 0 fully saturated rings. The first-order valence-electron chi connectivity index (χ1n) is 10.6. The maximum Gasteiger partial charge on any atom is 0.305 e. The minimum Gasteiger partial charge on any atom is -0.481 e. The van der Waals surface area contributed by atoms with E-state index in [2.05, 4.69) is 26.8 Å². The number of carboxylic acid groups (broad SMARTS) is 1. The smallest absolute Gasteiger partial charge is 0.305 e. The van der Waals surface area contributed by atoms with Crippen LogP contribution < -0.4 is 10.6 Å². The third-order valence-corrected chi connectivity index (χ3v) is 5.85. The molecular formula is C23H23Cl2N5O3. The number of pyridine rings is 1. The number of fused-ring (bicyclic) bond motifs is 1. The second kappa shape index (κ2) is 10.2. The molecule has 0 spiro atoms. The number of carboxylic acids is 1. The van der Waals surface area contributed by atoms with Crippen molar-refractivity contribution >= 4 is 40.9 Å². The number of aryl methyl sites for hydroxylation is 3. The Bertz CT molecular complexity index is 1160. The normalized spacial score (nSPS) is 13.6. The standard InChI is InChI=1S/C23H23Cl2N5O3/c24-17-8-15(9-18(25)10-17)20(11-21(31)32)29-23(33)16-12-27-30(13-16)7-5-19-4-3-14-2-1-6-26-22(14)28-19/h3-4,8-10,12-13,20H,1-2,5-7,11H2,(H,26,28)(H,29,33)(H,31,32). The molecule has 1 amide bonds. The number of aliphatic carboxylic acids is 1. The van der Waals surface area contributed by atoms with Gasteiger partial charge in [0.2, 0.25) is 0 Å². The number of aromatic nitrogens is 3. The van der Waals surface area contributed by atoms with E-state index >= 15 is 0 Å². The Kier molecular flexibility index (Phi) is 7.15.